The van der Waals surface area contributed by atoms with Crippen LogP contribution in [0.3, 0.4) is 0 Å². The first-order valence-electron chi connectivity index (χ1n) is 4.74. The average Bonchev–Trinajstić information content (AvgIpc) is 2.18. The fraction of sp³-hybridized carbons (Fsp3) is 0.500. The van der Waals surface area contributed by atoms with Gasteiger partial charge < -0.3 is 5.11 Å². The number of carboxylic acid groups (broad SMARTS) is 1. The van der Waals surface area contributed by atoms with Crippen LogP contribution >= 0.6 is 11.6 Å². The molecule has 1 rings (SSSR count). The number of halogens is 1. The van der Waals surface area contributed by atoms with E-state index in [1.807, 2.05) is 6.92 Å². The maximum absolute atomic E-state index is 11.2. The molecule has 1 unspecified atom stereocenters. The number of aromatic nitrogens is 2. The molecule has 0 aliphatic carbocycles. The molecular weight excluding hydrogens is 216 g/mol. The van der Waals surface area contributed by atoms with Gasteiger partial charge in [0, 0.05) is 0 Å². The molecule has 82 valence electrons. The summed E-state index contributed by atoms with van der Waals surface area (Å²) >= 11 is 5.60. The zero-order valence-electron chi connectivity index (χ0n) is 8.70. The van der Waals surface area contributed by atoms with E-state index >= 15 is 0 Å². The Bertz CT molecular complexity index is 353. The van der Waals surface area contributed by atoms with Crippen LogP contribution in [0.1, 0.15) is 32.4 Å². The Balaban J connectivity index is 3.09. The fourth-order valence-corrected chi connectivity index (χ4v) is 1.56. The molecule has 0 spiro atoms. The smallest absolute Gasteiger partial charge is 0.315 e. The van der Waals surface area contributed by atoms with E-state index in [1.165, 1.54) is 0 Å². The lowest BCUT2D eigenvalue weighted by atomic mass is 9.82. The van der Waals surface area contributed by atoms with Crippen molar-refractivity contribution < 1.29 is 9.90 Å². The Morgan fingerprint density at radius 3 is 2.60 bits per heavy atom. The lowest BCUT2D eigenvalue weighted by Gasteiger charge is -2.22. The summed E-state index contributed by atoms with van der Waals surface area (Å²) in [5.41, 5.74) is -0.534. The van der Waals surface area contributed by atoms with Crippen LogP contribution in [0.25, 0.3) is 0 Å². The van der Waals surface area contributed by atoms with E-state index in [0.717, 1.165) is 6.42 Å². The van der Waals surface area contributed by atoms with Crippen molar-refractivity contribution in [2.75, 3.05) is 0 Å². The molecule has 0 saturated carbocycles. The van der Waals surface area contributed by atoms with Gasteiger partial charge in [-0.25, -0.2) is 0 Å². The molecule has 5 heteroatoms. The zero-order valence-corrected chi connectivity index (χ0v) is 9.45. The molecule has 4 nitrogen and oxygen atoms in total. The van der Waals surface area contributed by atoms with Gasteiger partial charge in [-0.2, -0.15) is 5.10 Å². The standard InChI is InChI=1S/C10H13ClN2O2/c1-3-6-10(2,9(14)15)7-4-5-8(11)13-12-7/h4-5H,3,6H2,1-2H3,(H,14,15). The molecular formula is C10H13ClN2O2. The molecule has 1 aromatic heterocycles. The molecule has 0 aliphatic rings. The first kappa shape index (κ1) is 11.9. The Kier molecular flexibility index (Phi) is 3.63. The third-order valence-corrected chi connectivity index (χ3v) is 2.62. The fourth-order valence-electron chi connectivity index (χ4n) is 1.45. The topological polar surface area (TPSA) is 63.1 Å². The van der Waals surface area contributed by atoms with Gasteiger partial charge in [0.25, 0.3) is 0 Å². The second kappa shape index (κ2) is 4.57. The molecule has 0 aromatic carbocycles. The van der Waals surface area contributed by atoms with Crippen LogP contribution < -0.4 is 0 Å². The minimum absolute atomic E-state index is 0.267. The number of hydrogen-bond acceptors (Lipinski definition) is 3. The van der Waals surface area contributed by atoms with Gasteiger partial charge in [0.15, 0.2) is 5.15 Å². The maximum Gasteiger partial charge on any atom is 0.315 e. The minimum Gasteiger partial charge on any atom is -0.481 e. The van der Waals surface area contributed by atoms with E-state index < -0.39 is 11.4 Å². The number of rotatable bonds is 4. The summed E-state index contributed by atoms with van der Waals surface area (Å²) in [6.45, 7) is 3.58. The van der Waals surface area contributed by atoms with Gasteiger partial charge in [0.2, 0.25) is 0 Å². The van der Waals surface area contributed by atoms with Crippen LogP contribution in [0.2, 0.25) is 5.15 Å². The van der Waals surface area contributed by atoms with Crippen molar-refractivity contribution in [2.24, 2.45) is 0 Å². The summed E-state index contributed by atoms with van der Waals surface area (Å²) in [5.74, 6) is -0.888. The lowest BCUT2D eigenvalue weighted by molar-refractivity contribution is -0.143. The van der Waals surface area contributed by atoms with Crippen molar-refractivity contribution in [3.05, 3.63) is 23.0 Å². The molecule has 0 aliphatic heterocycles. The predicted octanol–water partition coefficient (Wildman–Crippen LogP) is 2.27. The van der Waals surface area contributed by atoms with Gasteiger partial charge >= 0.3 is 5.97 Å². The molecule has 0 amide bonds. The Morgan fingerprint density at radius 2 is 2.20 bits per heavy atom. The second-order valence-corrected chi connectivity index (χ2v) is 4.02. The van der Waals surface area contributed by atoms with Crippen LogP contribution in [0.15, 0.2) is 12.1 Å². The summed E-state index contributed by atoms with van der Waals surface area (Å²) < 4.78 is 0. The first-order chi connectivity index (χ1) is 7.00. The van der Waals surface area contributed by atoms with Crippen molar-refractivity contribution in [1.82, 2.24) is 10.2 Å². The summed E-state index contributed by atoms with van der Waals surface area (Å²) in [7, 11) is 0. The normalized spacial score (nSPS) is 14.6. The summed E-state index contributed by atoms with van der Waals surface area (Å²) in [4.78, 5) is 11.2. The largest absolute Gasteiger partial charge is 0.481 e. The van der Waals surface area contributed by atoms with E-state index in [1.54, 1.807) is 19.1 Å². The molecule has 0 radical (unpaired) electrons. The maximum atomic E-state index is 11.2. The van der Waals surface area contributed by atoms with Crippen molar-refractivity contribution in [3.63, 3.8) is 0 Å². The summed E-state index contributed by atoms with van der Waals surface area (Å²) in [5, 5.41) is 16.9. The highest BCUT2D eigenvalue weighted by Gasteiger charge is 2.36. The van der Waals surface area contributed by atoms with Crippen molar-refractivity contribution in [2.45, 2.75) is 32.1 Å². The highest BCUT2D eigenvalue weighted by Crippen LogP contribution is 2.27. The average molecular weight is 229 g/mol. The molecule has 15 heavy (non-hydrogen) atoms. The molecule has 1 aromatic rings. The van der Waals surface area contributed by atoms with Crippen molar-refractivity contribution >= 4 is 17.6 Å². The third kappa shape index (κ3) is 2.45. The van der Waals surface area contributed by atoms with Crippen LogP contribution in [0.5, 0.6) is 0 Å². The third-order valence-electron chi connectivity index (χ3n) is 2.42. The number of carboxylic acids is 1. The Hall–Kier alpha value is -1.16. The molecule has 0 fully saturated rings. The van der Waals surface area contributed by atoms with E-state index in [4.69, 9.17) is 11.6 Å². The lowest BCUT2D eigenvalue weighted by Crippen LogP contribution is -2.33. The molecule has 0 saturated heterocycles. The van der Waals surface area contributed by atoms with Gasteiger partial charge in [-0.3, -0.25) is 4.79 Å². The number of aliphatic carboxylic acids is 1. The SMILES string of the molecule is CCCC(C)(C(=O)O)c1ccc(Cl)nn1. The van der Waals surface area contributed by atoms with Crippen LogP contribution in [0, 0.1) is 0 Å². The Labute approximate surface area is 93.3 Å². The van der Waals surface area contributed by atoms with Crippen LogP contribution in [-0.2, 0) is 10.2 Å². The minimum atomic E-state index is -0.980. The van der Waals surface area contributed by atoms with E-state index in [-0.39, 0.29) is 5.15 Å². The monoisotopic (exact) mass is 228 g/mol. The van der Waals surface area contributed by atoms with Crippen molar-refractivity contribution in [3.8, 4) is 0 Å². The number of nitrogens with zero attached hydrogens (tertiary/aromatic N) is 2. The second-order valence-electron chi connectivity index (χ2n) is 3.63. The van der Waals surface area contributed by atoms with Gasteiger partial charge in [-0.1, -0.05) is 24.9 Å². The highest BCUT2D eigenvalue weighted by atomic mass is 35.5. The van der Waals surface area contributed by atoms with Gasteiger partial charge in [0.1, 0.15) is 5.41 Å². The van der Waals surface area contributed by atoms with E-state index in [9.17, 15) is 9.90 Å². The summed E-state index contributed by atoms with van der Waals surface area (Å²) in [6.07, 6.45) is 1.30. The predicted molar refractivity (Wildman–Crippen MR) is 56.9 cm³/mol. The van der Waals surface area contributed by atoms with Crippen molar-refractivity contribution in [1.29, 1.82) is 0 Å². The molecule has 1 N–H and O–H groups in total. The van der Waals surface area contributed by atoms with Gasteiger partial charge in [-0.05, 0) is 25.5 Å². The molecule has 1 heterocycles. The number of hydrogen-bond donors (Lipinski definition) is 1. The van der Waals surface area contributed by atoms with Crippen LogP contribution in [-0.4, -0.2) is 21.3 Å². The summed E-state index contributed by atoms with van der Waals surface area (Å²) in [6, 6.07) is 3.17. The first-order valence-corrected chi connectivity index (χ1v) is 5.11. The molecule has 0 bridgehead atoms. The van der Waals surface area contributed by atoms with Gasteiger partial charge in [-0.15, -0.1) is 5.10 Å². The number of carbonyl (C=O) groups is 1. The van der Waals surface area contributed by atoms with E-state index in [0.29, 0.717) is 12.1 Å². The van der Waals surface area contributed by atoms with E-state index in [2.05, 4.69) is 10.2 Å². The quantitative estimate of drug-likeness (QED) is 0.859. The zero-order chi connectivity index (χ0) is 11.5. The van der Waals surface area contributed by atoms with Crippen LogP contribution in [0.4, 0.5) is 0 Å². The highest BCUT2D eigenvalue weighted by molar-refractivity contribution is 6.29. The Morgan fingerprint density at radius 1 is 1.53 bits per heavy atom. The molecule has 1 atom stereocenters. The van der Waals surface area contributed by atoms with Gasteiger partial charge in [0.05, 0.1) is 5.69 Å².